The van der Waals surface area contributed by atoms with Crippen LogP contribution in [0.3, 0.4) is 0 Å². The molecule has 1 fully saturated rings. The molecule has 0 aliphatic carbocycles. The van der Waals surface area contributed by atoms with Crippen LogP contribution in [0, 0.1) is 5.92 Å². The first-order valence-corrected chi connectivity index (χ1v) is 11.4. The van der Waals surface area contributed by atoms with E-state index in [4.69, 9.17) is 5.21 Å². The lowest BCUT2D eigenvalue weighted by atomic mass is 10.0. The van der Waals surface area contributed by atoms with Gasteiger partial charge in [0, 0.05) is 31.7 Å². The van der Waals surface area contributed by atoms with Gasteiger partial charge in [-0.25, -0.2) is 10.5 Å². The molecule has 2 atom stereocenters. The summed E-state index contributed by atoms with van der Waals surface area (Å²) in [5.41, 5.74) is 3.14. The number of rotatable bonds is 8. The van der Waals surface area contributed by atoms with E-state index >= 15 is 0 Å². The predicted molar refractivity (Wildman–Crippen MR) is 126 cm³/mol. The summed E-state index contributed by atoms with van der Waals surface area (Å²) in [5.74, 6) is -2.61. The molecule has 1 aliphatic heterocycles. The van der Waals surface area contributed by atoms with Crippen LogP contribution in [-0.4, -0.2) is 57.1 Å². The molecule has 1 aromatic heterocycles. The molecule has 11 heteroatoms. The van der Waals surface area contributed by atoms with Gasteiger partial charge in [-0.15, -0.1) is 6.58 Å². The van der Waals surface area contributed by atoms with E-state index in [1.54, 1.807) is 41.9 Å². The van der Waals surface area contributed by atoms with Crippen LogP contribution in [0.1, 0.15) is 28.2 Å². The molecule has 8 nitrogen and oxygen atoms in total. The van der Waals surface area contributed by atoms with E-state index in [2.05, 4.69) is 16.9 Å². The highest BCUT2D eigenvalue weighted by atomic mass is 19.4. The van der Waals surface area contributed by atoms with Crippen molar-refractivity contribution in [1.29, 1.82) is 0 Å². The minimum Gasteiger partial charge on any atom is -0.347 e. The van der Waals surface area contributed by atoms with Gasteiger partial charge in [-0.3, -0.25) is 14.8 Å². The van der Waals surface area contributed by atoms with Gasteiger partial charge in [0.25, 0.3) is 5.91 Å². The summed E-state index contributed by atoms with van der Waals surface area (Å²) in [6.45, 7) is 5.10. The third-order valence-corrected chi connectivity index (χ3v) is 6.27. The number of imidazole rings is 1. The van der Waals surface area contributed by atoms with Gasteiger partial charge < -0.3 is 14.8 Å². The van der Waals surface area contributed by atoms with Crippen LogP contribution in [0.25, 0.3) is 11.0 Å². The SMILES string of the molecule is C=CCCN1C[C@H](C(=O)NO)[C@H](NC(=O)c2ccc(Cn3c(C(F)(F)F)nc4ccccc43)cc2)C1. The number of likely N-dealkylation sites (tertiary alicyclic amines) is 1. The number of hydrogen-bond donors (Lipinski definition) is 3. The number of halogens is 3. The summed E-state index contributed by atoms with van der Waals surface area (Å²) in [6.07, 6.45) is -2.13. The maximum Gasteiger partial charge on any atom is 0.449 e. The number of nitrogens with one attached hydrogen (secondary N) is 2. The predicted octanol–water partition coefficient (Wildman–Crippen LogP) is 3.22. The lowest BCUT2D eigenvalue weighted by Crippen LogP contribution is -2.45. The second-order valence-corrected chi connectivity index (χ2v) is 8.70. The first-order chi connectivity index (χ1) is 17.2. The van der Waals surface area contributed by atoms with Crippen LogP contribution in [0.5, 0.6) is 0 Å². The van der Waals surface area contributed by atoms with Crippen molar-refractivity contribution in [2.75, 3.05) is 19.6 Å². The van der Waals surface area contributed by atoms with Crippen molar-refractivity contribution in [3.8, 4) is 0 Å². The Morgan fingerprint density at radius 3 is 2.53 bits per heavy atom. The molecule has 2 amide bonds. The fraction of sp³-hybridized carbons (Fsp3) is 0.320. The van der Waals surface area contributed by atoms with Crippen molar-refractivity contribution in [2.24, 2.45) is 5.92 Å². The highest BCUT2D eigenvalue weighted by Gasteiger charge is 2.39. The molecule has 1 saturated heterocycles. The van der Waals surface area contributed by atoms with Crippen molar-refractivity contribution in [3.63, 3.8) is 0 Å². The fourth-order valence-electron chi connectivity index (χ4n) is 4.48. The van der Waals surface area contributed by atoms with E-state index in [0.717, 1.165) is 11.0 Å². The van der Waals surface area contributed by atoms with Crippen LogP contribution >= 0.6 is 0 Å². The van der Waals surface area contributed by atoms with Gasteiger partial charge in [0.15, 0.2) is 0 Å². The molecule has 3 aromatic rings. The minimum atomic E-state index is -4.61. The molecule has 2 aromatic carbocycles. The number of alkyl halides is 3. The summed E-state index contributed by atoms with van der Waals surface area (Å²) in [7, 11) is 0. The smallest absolute Gasteiger partial charge is 0.347 e. The zero-order valence-electron chi connectivity index (χ0n) is 19.3. The van der Waals surface area contributed by atoms with Crippen LogP contribution in [0.15, 0.2) is 61.2 Å². The van der Waals surface area contributed by atoms with Crippen molar-refractivity contribution in [3.05, 3.63) is 78.1 Å². The summed E-state index contributed by atoms with van der Waals surface area (Å²) in [5, 5.41) is 11.9. The maximum absolute atomic E-state index is 13.6. The third-order valence-electron chi connectivity index (χ3n) is 6.27. The Morgan fingerprint density at radius 1 is 1.14 bits per heavy atom. The number of fused-ring (bicyclic) bond motifs is 1. The van der Waals surface area contributed by atoms with E-state index < -0.39 is 35.8 Å². The maximum atomic E-state index is 13.6. The Labute approximate surface area is 205 Å². The molecule has 4 rings (SSSR count). The molecular weight excluding hydrogens is 475 g/mol. The molecule has 0 radical (unpaired) electrons. The monoisotopic (exact) mass is 501 g/mol. The van der Waals surface area contributed by atoms with Crippen molar-refractivity contribution >= 4 is 22.8 Å². The highest BCUT2D eigenvalue weighted by molar-refractivity contribution is 5.95. The van der Waals surface area contributed by atoms with Gasteiger partial charge in [-0.1, -0.05) is 30.3 Å². The summed E-state index contributed by atoms with van der Waals surface area (Å²) in [4.78, 5) is 30.7. The minimum absolute atomic E-state index is 0.0725. The molecule has 190 valence electrons. The number of nitrogens with zero attached hydrogens (tertiary/aromatic N) is 3. The Bertz CT molecular complexity index is 1260. The van der Waals surface area contributed by atoms with Crippen molar-refractivity contribution < 1.29 is 28.0 Å². The van der Waals surface area contributed by atoms with Gasteiger partial charge >= 0.3 is 6.18 Å². The molecule has 0 saturated carbocycles. The number of para-hydroxylation sites is 2. The summed E-state index contributed by atoms with van der Waals surface area (Å²) >= 11 is 0. The van der Waals surface area contributed by atoms with Crippen molar-refractivity contribution in [1.82, 2.24) is 25.2 Å². The number of benzene rings is 2. The third kappa shape index (κ3) is 5.42. The number of aromatic nitrogens is 2. The summed E-state index contributed by atoms with van der Waals surface area (Å²) < 4.78 is 41.8. The average molecular weight is 502 g/mol. The first kappa shape index (κ1) is 25.4. The number of carbonyl (C=O) groups is 2. The zero-order valence-corrected chi connectivity index (χ0v) is 19.3. The quantitative estimate of drug-likeness (QED) is 0.250. The molecule has 0 spiro atoms. The summed E-state index contributed by atoms with van der Waals surface area (Å²) in [6, 6.07) is 12.1. The van der Waals surface area contributed by atoms with E-state index in [-0.39, 0.29) is 12.1 Å². The van der Waals surface area contributed by atoms with Crippen molar-refractivity contribution in [2.45, 2.75) is 25.2 Å². The van der Waals surface area contributed by atoms with E-state index in [9.17, 15) is 22.8 Å². The molecule has 36 heavy (non-hydrogen) atoms. The average Bonchev–Trinajstić information content (AvgIpc) is 3.44. The number of carbonyl (C=O) groups excluding carboxylic acids is 2. The Hall–Kier alpha value is -3.70. The van der Waals surface area contributed by atoms with Gasteiger partial charge in [0.05, 0.1) is 23.0 Å². The Balaban J connectivity index is 1.49. The molecule has 0 bridgehead atoms. The molecule has 0 unspecified atom stereocenters. The largest absolute Gasteiger partial charge is 0.449 e. The second-order valence-electron chi connectivity index (χ2n) is 8.70. The standard InChI is InChI=1S/C25H26F3N5O3/c1-2-3-12-32-14-18(23(35)31-36)20(15-32)29-22(34)17-10-8-16(9-11-17)13-33-21-7-5-4-6-19(21)30-24(33)25(26,27)28/h2,4-11,18,20,36H,1,3,12-15H2,(H,29,34)(H,31,35)/t18-,20+/m0/s1. The van der Waals surface area contributed by atoms with Crippen LogP contribution in [0.4, 0.5) is 13.2 Å². The second kappa shape index (κ2) is 10.5. The van der Waals surface area contributed by atoms with Gasteiger partial charge in [0.2, 0.25) is 11.7 Å². The molecule has 2 heterocycles. The van der Waals surface area contributed by atoms with Gasteiger partial charge in [-0.05, 0) is 36.2 Å². The van der Waals surface area contributed by atoms with Gasteiger partial charge in [-0.2, -0.15) is 13.2 Å². The zero-order chi connectivity index (χ0) is 25.9. The number of hydrogen-bond acceptors (Lipinski definition) is 5. The first-order valence-electron chi connectivity index (χ1n) is 11.4. The Morgan fingerprint density at radius 2 is 1.86 bits per heavy atom. The lowest BCUT2D eigenvalue weighted by molar-refractivity contribution is -0.146. The molecular formula is C25H26F3N5O3. The molecule has 3 N–H and O–H groups in total. The molecule has 1 aliphatic rings. The van der Waals surface area contributed by atoms with Crippen LogP contribution < -0.4 is 10.8 Å². The van der Waals surface area contributed by atoms with Crippen LogP contribution in [-0.2, 0) is 17.5 Å². The lowest BCUT2D eigenvalue weighted by Gasteiger charge is -2.18. The number of amides is 2. The van der Waals surface area contributed by atoms with Gasteiger partial charge in [0.1, 0.15) is 0 Å². The topological polar surface area (TPSA) is 99.5 Å². The normalized spacial score (nSPS) is 18.3. The Kier molecular flexibility index (Phi) is 7.41. The van der Waals surface area contributed by atoms with Crippen LogP contribution in [0.2, 0.25) is 0 Å². The highest BCUT2D eigenvalue weighted by Crippen LogP contribution is 2.32. The van der Waals surface area contributed by atoms with E-state index in [0.29, 0.717) is 36.3 Å². The fourth-order valence-corrected chi connectivity index (χ4v) is 4.48. The van der Waals surface area contributed by atoms with E-state index in [1.807, 2.05) is 4.90 Å². The number of hydroxylamine groups is 1. The van der Waals surface area contributed by atoms with E-state index in [1.165, 1.54) is 18.2 Å².